The molecule has 0 unspecified atom stereocenters. The normalized spacial score (nSPS) is 14.8. The Hall–Kier alpha value is -6.42. The number of carbonyl (C=O) groups is 1. The largest absolute Gasteiger partial charge is 0.344 e. The Morgan fingerprint density at radius 2 is 1.66 bits per heavy atom. The average molecular weight is 926 g/mol. The van der Waals surface area contributed by atoms with E-state index in [2.05, 4.69) is 35.2 Å². The number of halogens is 7. The van der Waals surface area contributed by atoms with E-state index in [-0.39, 0.29) is 55.6 Å². The Morgan fingerprint density at radius 1 is 0.922 bits per heavy atom. The SMILES string of the molecule is Cc1nccnc1-c1ccc2c(=O)n(-c3ccc(Cl)c4c(NS(=O)(=O)C5CC5)nn(CC(F)F)c34)c([C@H](Cc3cc(F)cc(F)c3)NC(=O)Cn3nc(C(F)F)cc3C3CC3)nc2n1. The second-order valence-electron chi connectivity index (χ2n) is 15.6. The first-order valence-corrected chi connectivity index (χ1v) is 21.8. The van der Waals surface area contributed by atoms with Crippen molar-refractivity contribution >= 4 is 55.3 Å². The van der Waals surface area contributed by atoms with Crippen LogP contribution in [0.4, 0.5) is 32.2 Å². The summed E-state index contributed by atoms with van der Waals surface area (Å²) in [6.45, 7) is -0.0187. The summed E-state index contributed by atoms with van der Waals surface area (Å²) < 4.78 is 118. The number of sulfonamides is 1. The molecule has 1 atom stereocenters. The number of aromatic nitrogens is 9. The van der Waals surface area contributed by atoms with Crippen LogP contribution in [0.1, 0.15) is 72.5 Å². The summed E-state index contributed by atoms with van der Waals surface area (Å²) in [6.07, 6.45) is -1.47. The zero-order chi connectivity index (χ0) is 45.2. The molecule has 5 heterocycles. The third-order valence-electron chi connectivity index (χ3n) is 10.8. The van der Waals surface area contributed by atoms with Crippen LogP contribution in [0.15, 0.2) is 65.7 Å². The van der Waals surface area contributed by atoms with Crippen molar-refractivity contribution in [1.29, 1.82) is 0 Å². The molecule has 0 aliphatic heterocycles. The fourth-order valence-electron chi connectivity index (χ4n) is 7.66. The van der Waals surface area contributed by atoms with Gasteiger partial charge in [-0.25, -0.2) is 44.7 Å². The molecular weight excluding hydrogens is 892 g/mol. The van der Waals surface area contributed by atoms with Gasteiger partial charge in [0.05, 0.1) is 49.7 Å². The van der Waals surface area contributed by atoms with Gasteiger partial charge in [-0.1, -0.05) is 11.6 Å². The van der Waals surface area contributed by atoms with Crippen molar-refractivity contribution < 1.29 is 39.6 Å². The molecule has 15 nitrogen and oxygen atoms in total. The zero-order valence-corrected chi connectivity index (χ0v) is 34.9. The van der Waals surface area contributed by atoms with Crippen LogP contribution in [-0.2, 0) is 34.3 Å². The number of nitrogens with one attached hydrogen (secondary N) is 2. The molecule has 5 aromatic heterocycles. The first kappa shape index (κ1) is 42.9. The smallest absolute Gasteiger partial charge is 0.282 e. The van der Waals surface area contributed by atoms with Crippen LogP contribution in [0, 0.1) is 18.6 Å². The van der Waals surface area contributed by atoms with Gasteiger partial charge in [0.25, 0.3) is 18.4 Å². The van der Waals surface area contributed by atoms with Crippen LogP contribution in [0.5, 0.6) is 0 Å². The highest BCUT2D eigenvalue weighted by atomic mass is 35.5. The molecule has 2 N–H and O–H groups in total. The summed E-state index contributed by atoms with van der Waals surface area (Å²) >= 11 is 6.68. The molecule has 0 saturated heterocycles. The first-order chi connectivity index (χ1) is 30.5. The Kier molecular flexibility index (Phi) is 11.1. The van der Waals surface area contributed by atoms with E-state index in [0.717, 1.165) is 26.1 Å². The summed E-state index contributed by atoms with van der Waals surface area (Å²) in [5.41, 5.74) is -0.646. The molecule has 2 fully saturated rings. The van der Waals surface area contributed by atoms with E-state index in [1.165, 1.54) is 42.7 Å². The van der Waals surface area contributed by atoms with Crippen LogP contribution in [-0.4, -0.2) is 70.1 Å². The maximum atomic E-state index is 15.1. The molecule has 2 aromatic carbocycles. The van der Waals surface area contributed by atoms with Crippen LogP contribution >= 0.6 is 11.6 Å². The number of aryl methyl sites for hydroxylation is 1. The molecule has 1 amide bonds. The fourth-order valence-corrected chi connectivity index (χ4v) is 9.23. The lowest BCUT2D eigenvalue weighted by Gasteiger charge is -2.24. The van der Waals surface area contributed by atoms with Gasteiger partial charge in [-0.2, -0.15) is 10.2 Å². The molecule has 0 spiro atoms. The van der Waals surface area contributed by atoms with Crippen molar-refractivity contribution in [1.82, 2.24) is 49.4 Å². The van der Waals surface area contributed by atoms with E-state index < -0.39 is 88.3 Å². The van der Waals surface area contributed by atoms with Gasteiger partial charge in [0, 0.05) is 36.5 Å². The van der Waals surface area contributed by atoms with E-state index >= 15 is 4.79 Å². The molecule has 23 heteroatoms. The maximum Gasteiger partial charge on any atom is 0.282 e. The topological polar surface area (TPSA) is 184 Å². The van der Waals surface area contributed by atoms with Crippen molar-refractivity contribution in [2.24, 2.45) is 0 Å². The van der Waals surface area contributed by atoms with E-state index in [1.807, 2.05) is 0 Å². The second-order valence-corrected chi connectivity index (χ2v) is 17.9. The van der Waals surface area contributed by atoms with Gasteiger partial charge in [0.15, 0.2) is 11.5 Å². The molecule has 7 aromatic rings. The van der Waals surface area contributed by atoms with Crippen molar-refractivity contribution in [3.63, 3.8) is 0 Å². The second kappa shape index (κ2) is 16.6. The number of carbonyl (C=O) groups excluding carboxylic acids is 1. The van der Waals surface area contributed by atoms with Gasteiger partial charge in [-0.15, -0.1) is 0 Å². The van der Waals surface area contributed by atoms with E-state index in [9.17, 15) is 39.6 Å². The number of hydrogen-bond acceptors (Lipinski definition) is 10. The van der Waals surface area contributed by atoms with Gasteiger partial charge in [0.2, 0.25) is 15.9 Å². The number of alkyl halides is 4. The number of nitrogens with zero attached hydrogens (tertiary/aromatic N) is 9. The molecule has 2 aliphatic carbocycles. The predicted molar refractivity (Wildman–Crippen MR) is 221 cm³/mol. The van der Waals surface area contributed by atoms with Crippen LogP contribution < -0.4 is 15.6 Å². The molecule has 9 rings (SSSR count). The van der Waals surface area contributed by atoms with E-state index in [4.69, 9.17) is 16.6 Å². The molecule has 0 bridgehead atoms. The summed E-state index contributed by atoms with van der Waals surface area (Å²) in [5.74, 6) is -3.65. The fraction of sp³-hybridized carbons (Fsp3) is 0.317. The Labute approximate surface area is 363 Å². The molecule has 2 saturated carbocycles. The zero-order valence-electron chi connectivity index (χ0n) is 33.3. The van der Waals surface area contributed by atoms with Gasteiger partial charge >= 0.3 is 0 Å². The Bertz CT molecular complexity index is 3150. The lowest BCUT2D eigenvalue weighted by Crippen LogP contribution is -2.38. The van der Waals surface area contributed by atoms with Gasteiger partial charge < -0.3 is 5.32 Å². The van der Waals surface area contributed by atoms with Crippen molar-refractivity contribution in [2.45, 2.75) is 82.2 Å². The molecule has 2 aliphatic rings. The summed E-state index contributed by atoms with van der Waals surface area (Å²) in [7, 11) is -4.05. The molecule has 64 heavy (non-hydrogen) atoms. The minimum absolute atomic E-state index is 0.0286. The van der Waals surface area contributed by atoms with Crippen LogP contribution in [0.3, 0.4) is 0 Å². The van der Waals surface area contributed by atoms with Crippen molar-refractivity contribution in [3.8, 4) is 17.1 Å². The quantitative estimate of drug-likeness (QED) is 0.101. The Balaban J connectivity index is 1.28. The monoisotopic (exact) mass is 925 g/mol. The summed E-state index contributed by atoms with van der Waals surface area (Å²) in [4.78, 5) is 47.3. The lowest BCUT2D eigenvalue weighted by atomic mass is 10.0. The van der Waals surface area contributed by atoms with Crippen LogP contribution in [0.25, 0.3) is 39.0 Å². The van der Waals surface area contributed by atoms with E-state index in [0.29, 0.717) is 48.8 Å². The highest BCUT2D eigenvalue weighted by Gasteiger charge is 2.38. The Morgan fingerprint density at radius 3 is 2.33 bits per heavy atom. The van der Waals surface area contributed by atoms with Crippen LogP contribution in [0.2, 0.25) is 5.02 Å². The maximum absolute atomic E-state index is 15.1. The molecular formula is C41H34ClF6N11O4S. The standard InChI is InChI=1S/C41H34ClF6N11O4S/c1-19-35(50-11-10-49-19)27-8-6-25-38(52-27)53-40(29(14-20-12-22(43)15-23(44)13-20)51-33(60)18-57-31(21-2-3-21)16-28(54-57)37(47)48)59(41(25)61)30-9-7-26(42)34-36(30)58(17-32(45)46)55-39(34)56-64(62,63)24-4-5-24/h6-13,15-16,21,24,29,32,37H,2-5,14,17-18H2,1H3,(H,51,60)(H,55,56)/t29-/m0/s1. The summed E-state index contributed by atoms with van der Waals surface area (Å²) in [5, 5.41) is 9.75. The average Bonchev–Trinajstić information content (AvgIpc) is 4.17. The number of rotatable bonds is 15. The number of hydrogen-bond donors (Lipinski definition) is 2. The highest BCUT2D eigenvalue weighted by molar-refractivity contribution is 7.93. The lowest BCUT2D eigenvalue weighted by molar-refractivity contribution is -0.122. The van der Waals surface area contributed by atoms with Crippen molar-refractivity contribution in [2.75, 3.05) is 4.72 Å². The number of fused-ring (bicyclic) bond motifs is 2. The minimum Gasteiger partial charge on any atom is -0.344 e. The molecule has 0 radical (unpaired) electrons. The highest BCUT2D eigenvalue weighted by Crippen LogP contribution is 2.42. The first-order valence-electron chi connectivity index (χ1n) is 19.9. The van der Waals surface area contributed by atoms with Crippen molar-refractivity contribution in [3.05, 3.63) is 116 Å². The van der Waals surface area contributed by atoms with Gasteiger partial charge in [0.1, 0.15) is 41.9 Å². The van der Waals surface area contributed by atoms with Gasteiger partial charge in [-0.05, 0) is 80.6 Å². The number of amides is 1. The molecule has 332 valence electrons. The number of pyridine rings is 1. The third-order valence-corrected chi connectivity index (χ3v) is 13.0. The number of anilines is 1. The van der Waals surface area contributed by atoms with E-state index in [1.54, 1.807) is 6.92 Å². The summed E-state index contributed by atoms with van der Waals surface area (Å²) in [6, 6.07) is 7.76. The minimum atomic E-state index is -4.05. The predicted octanol–water partition coefficient (Wildman–Crippen LogP) is 7.11. The number of benzene rings is 2. The third kappa shape index (κ3) is 8.50. The van der Waals surface area contributed by atoms with Gasteiger partial charge in [-0.3, -0.25) is 38.2 Å².